The first-order valence-corrected chi connectivity index (χ1v) is 6.13. The molecule has 0 amide bonds. The van der Waals surface area contributed by atoms with Gasteiger partial charge in [-0.3, -0.25) is 9.88 Å². The van der Waals surface area contributed by atoms with Gasteiger partial charge in [-0.2, -0.15) is 0 Å². The van der Waals surface area contributed by atoms with Gasteiger partial charge in [0.25, 0.3) is 0 Å². The van der Waals surface area contributed by atoms with Crippen LogP contribution in [0.1, 0.15) is 25.5 Å². The van der Waals surface area contributed by atoms with Crippen LogP contribution in [-0.2, 0) is 6.54 Å². The zero-order chi connectivity index (χ0) is 11.4. The highest BCUT2D eigenvalue weighted by Crippen LogP contribution is 2.22. The Balaban J connectivity index is 1.98. The molecule has 2 N–H and O–H groups in total. The average molecular weight is 219 g/mol. The van der Waals surface area contributed by atoms with Crippen molar-refractivity contribution in [3.8, 4) is 0 Å². The highest BCUT2D eigenvalue weighted by Gasteiger charge is 2.25. The number of hydrogen-bond acceptors (Lipinski definition) is 3. The topological polar surface area (TPSA) is 42.2 Å². The molecule has 2 unspecified atom stereocenters. The number of aromatic nitrogens is 1. The third-order valence-electron chi connectivity index (χ3n) is 3.46. The summed E-state index contributed by atoms with van der Waals surface area (Å²) in [6.45, 7) is 5.17. The summed E-state index contributed by atoms with van der Waals surface area (Å²) in [7, 11) is 0. The molecule has 1 aromatic heterocycles. The van der Waals surface area contributed by atoms with Crippen molar-refractivity contribution in [2.75, 3.05) is 13.1 Å². The Hall–Kier alpha value is -0.930. The van der Waals surface area contributed by atoms with Crippen LogP contribution in [0.25, 0.3) is 0 Å². The van der Waals surface area contributed by atoms with E-state index in [1.807, 2.05) is 18.3 Å². The molecule has 2 rings (SSSR count). The van der Waals surface area contributed by atoms with Crippen LogP contribution < -0.4 is 5.73 Å². The minimum atomic E-state index is 0.533. The van der Waals surface area contributed by atoms with Gasteiger partial charge in [0.15, 0.2) is 0 Å². The van der Waals surface area contributed by atoms with Gasteiger partial charge in [0.05, 0.1) is 5.69 Å². The van der Waals surface area contributed by atoms with Crippen molar-refractivity contribution in [3.63, 3.8) is 0 Å². The van der Waals surface area contributed by atoms with Crippen LogP contribution in [0, 0.1) is 5.92 Å². The Bertz CT molecular complexity index is 312. The molecule has 0 aromatic carbocycles. The molecule has 0 saturated carbocycles. The molecule has 0 bridgehead atoms. The molecule has 1 aliphatic heterocycles. The van der Waals surface area contributed by atoms with Gasteiger partial charge in [-0.05, 0) is 37.4 Å². The number of hydrogen-bond donors (Lipinski definition) is 1. The second-order valence-corrected chi connectivity index (χ2v) is 4.81. The van der Waals surface area contributed by atoms with Gasteiger partial charge in [0.1, 0.15) is 0 Å². The van der Waals surface area contributed by atoms with Crippen LogP contribution >= 0.6 is 0 Å². The lowest BCUT2D eigenvalue weighted by atomic mass is 9.92. The molecular formula is C13H21N3. The monoisotopic (exact) mass is 219 g/mol. The quantitative estimate of drug-likeness (QED) is 0.840. The lowest BCUT2D eigenvalue weighted by Gasteiger charge is -2.37. The first-order chi connectivity index (χ1) is 7.79. The fourth-order valence-electron chi connectivity index (χ4n) is 2.45. The number of nitrogens with zero attached hydrogens (tertiary/aromatic N) is 2. The van der Waals surface area contributed by atoms with Crippen LogP contribution in [0.15, 0.2) is 24.4 Å². The van der Waals surface area contributed by atoms with Crippen molar-refractivity contribution >= 4 is 0 Å². The Morgan fingerprint density at radius 1 is 1.50 bits per heavy atom. The standard InChI is InChI=1S/C13H21N3/c1-11-5-7-16(13(8-11)9-14)10-12-4-2-3-6-15-12/h2-4,6,11,13H,5,7-10,14H2,1H3. The van der Waals surface area contributed by atoms with E-state index in [-0.39, 0.29) is 0 Å². The zero-order valence-corrected chi connectivity index (χ0v) is 9.97. The van der Waals surface area contributed by atoms with E-state index in [1.54, 1.807) is 0 Å². The van der Waals surface area contributed by atoms with E-state index in [1.165, 1.54) is 12.8 Å². The number of pyridine rings is 1. The molecule has 3 heteroatoms. The van der Waals surface area contributed by atoms with Gasteiger partial charge in [0, 0.05) is 25.3 Å². The lowest BCUT2D eigenvalue weighted by Crippen LogP contribution is -2.45. The van der Waals surface area contributed by atoms with Crippen LogP contribution in [-0.4, -0.2) is 29.0 Å². The van der Waals surface area contributed by atoms with Gasteiger partial charge in [-0.25, -0.2) is 0 Å². The Morgan fingerprint density at radius 3 is 3.06 bits per heavy atom. The fraction of sp³-hybridized carbons (Fsp3) is 0.615. The highest BCUT2D eigenvalue weighted by atomic mass is 15.2. The highest BCUT2D eigenvalue weighted by molar-refractivity contribution is 5.04. The molecular weight excluding hydrogens is 198 g/mol. The Kier molecular flexibility index (Phi) is 3.91. The summed E-state index contributed by atoms with van der Waals surface area (Å²) in [6, 6.07) is 6.63. The second kappa shape index (κ2) is 5.41. The van der Waals surface area contributed by atoms with Crippen LogP contribution in [0.3, 0.4) is 0 Å². The maximum absolute atomic E-state index is 5.85. The SMILES string of the molecule is CC1CCN(Cc2ccccn2)C(CN)C1. The molecule has 3 nitrogen and oxygen atoms in total. The predicted octanol–water partition coefficient (Wildman–Crippen LogP) is 1.64. The summed E-state index contributed by atoms with van der Waals surface area (Å²) in [5, 5.41) is 0. The van der Waals surface area contributed by atoms with Crippen LogP contribution in [0.5, 0.6) is 0 Å². The molecule has 1 aromatic rings. The summed E-state index contributed by atoms with van der Waals surface area (Å²) in [5.74, 6) is 0.813. The van der Waals surface area contributed by atoms with Crippen LogP contribution in [0.4, 0.5) is 0 Å². The molecule has 0 aliphatic carbocycles. The number of rotatable bonds is 3. The largest absolute Gasteiger partial charge is 0.329 e. The first kappa shape index (κ1) is 11.6. The third kappa shape index (κ3) is 2.80. The molecule has 2 atom stereocenters. The smallest absolute Gasteiger partial charge is 0.0544 e. The molecule has 1 fully saturated rings. The summed E-state index contributed by atoms with van der Waals surface area (Å²) < 4.78 is 0. The summed E-state index contributed by atoms with van der Waals surface area (Å²) in [6.07, 6.45) is 4.37. The Morgan fingerprint density at radius 2 is 2.38 bits per heavy atom. The molecule has 1 saturated heterocycles. The van der Waals surface area contributed by atoms with Crippen molar-refractivity contribution in [2.24, 2.45) is 11.7 Å². The van der Waals surface area contributed by atoms with Crippen molar-refractivity contribution in [3.05, 3.63) is 30.1 Å². The molecule has 16 heavy (non-hydrogen) atoms. The molecule has 0 radical (unpaired) electrons. The van der Waals surface area contributed by atoms with Crippen molar-refractivity contribution in [1.82, 2.24) is 9.88 Å². The van der Waals surface area contributed by atoms with E-state index in [0.29, 0.717) is 6.04 Å². The van der Waals surface area contributed by atoms with Gasteiger partial charge in [-0.1, -0.05) is 13.0 Å². The third-order valence-corrected chi connectivity index (χ3v) is 3.46. The van der Waals surface area contributed by atoms with E-state index in [2.05, 4.69) is 22.9 Å². The van der Waals surface area contributed by atoms with E-state index < -0.39 is 0 Å². The minimum absolute atomic E-state index is 0.533. The van der Waals surface area contributed by atoms with Gasteiger partial charge < -0.3 is 5.73 Å². The van der Waals surface area contributed by atoms with Gasteiger partial charge in [0.2, 0.25) is 0 Å². The molecule has 1 aliphatic rings. The minimum Gasteiger partial charge on any atom is -0.329 e. The summed E-state index contributed by atoms with van der Waals surface area (Å²) in [4.78, 5) is 6.85. The van der Waals surface area contributed by atoms with Crippen molar-refractivity contribution in [2.45, 2.75) is 32.4 Å². The summed E-state index contributed by atoms with van der Waals surface area (Å²) >= 11 is 0. The normalized spacial score (nSPS) is 26.9. The molecule has 0 spiro atoms. The zero-order valence-electron chi connectivity index (χ0n) is 9.97. The number of likely N-dealkylation sites (tertiary alicyclic amines) is 1. The van der Waals surface area contributed by atoms with Crippen molar-refractivity contribution in [1.29, 1.82) is 0 Å². The van der Waals surface area contributed by atoms with Crippen LogP contribution in [0.2, 0.25) is 0 Å². The van der Waals surface area contributed by atoms with E-state index in [0.717, 1.165) is 31.2 Å². The predicted molar refractivity (Wildman–Crippen MR) is 65.9 cm³/mol. The van der Waals surface area contributed by atoms with Gasteiger partial charge >= 0.3 is 0 Å². The molecule has 88 valence electrons. The maximum Gasteiger partial charge on any atom is 0.0544 e. The lowest BCUT2D eigenvalue weighted by molar-refractivity contribution is 0.114. The van der Waals surface area contributed by atoms with E-state index in [9.17, 15) is 0 Å². The average Bonchev–Trinajstić information content (AvgIpc) is 2.33. The second-order valence-electron chi connectivity index (χ2n) is 4.81. The number of nitrogens with two attached hydrogens (primary N) is 1. The summed E-state index contributed by atoms with van der Waals surface area (Å²) in [5.41, 5.74) is 7.00. The van der Waals surface area contributed by atoms with E-state index in [4.69, 9.17) is 5.73 Å². The van der Waals surface area contributed by atoms with Crippen molar-refractivity contribution < 1.29 is 0 Å². The Labute approximate surface area is 97.7 Å². The van der Waals surface area contributed by atoms with E-state index >= 15 is 0 Å². The van der Waals surface area contributed by atoms with Gasteiger partial charge in [-0.15, -0.1) is 0 Å². The maximum atomic E-state index is 5.85. The fourth-order valence-corrected chi connectivity index (χ4v) is 2.45. The molecule has 2 heterocycles. The first-order valence-electron chi connectivity index (χ1n) is 6.13. The number of piperidine rings is 1.